The van der Waals surface area contributed by atoms with Crippen LogP contribution in [-0.4, -0.2) is 24.4 Å². The quantitative estimate of drug-likeness (QED) is 0.627. The standard InChI is InChI=1S/C8H12N2O/c1-9-4-3-8(11)7-2-5-10-6-7/h2,5-6,9-10H,3-4H2,1H3. The largest absolute Gasteiger partial charge is 0.367 e. The fraction of sp³-hybridized carbons (Fsp3) is 0.375. The molecule has 0 saturated heterocycles. The summed E-state index contributed by atoms with van der Waals surface area (Å²) in [6, 6.07) is 1.79. The molecule has 0 spiro atoms. The summed E-state index contributed by atoms with van der Waals surface area (Å²) in [6.45, 7) is 0.740. The predicted octanol–water partition coefficient (Wildman–Crippen LogP) is 0.807. The van der Waals surface area contributed by atoms with Gasteiger partial charge in [-0.25, -0.2) is 0 Å². The van der Waals surface area contributed by atoms with Crippen molar-refractivity contribution in [2.75, 3.05) is 13.6 Å². The molecule has 1 rings (SSSR count). The zero-order chi connectivity index (χ0) is 8.10. The Morgan fingerprint density at radius 3 is 3.09 bits per heavy atom. The van der Waals surface area contributed by atoms with E-state index >= 15 is 0 Å². The van der Waals surface area contributed by atoms with E-state index in [4.69, 9.17) is 0 Å². The maximum Gasteiger partial charge on any atom is 0.165 e. The van der Waals surface area contributed by atoms with Gasteiger partial charge in [0.05, 0.1) is 0 Å². The molecule has 0 amide bonds. The molecule has 1 aromatic heterocycles. The number of hydrogen-bond acceptors (Lipinski definition) is 2. The molecule has 2 N–H and O–H groups in total. The van der Waals surface area contributed by atoms with E-state index in [-0.39, 0.29) is 5.78 Å². The van der Waals surface area contributed by atoms with Crippen molar-refractivity contribution in [3.8, 4) is 0 Å². The smallest absolute Gasteiger partial charge is 0.165 e. The maximum absolute atomic E-state index is 11.2. The molecule has 11 heavy (non-hydrogen) atoms. The summed E-state index contributed by atoms with van der Waals surface area (Å²) in [6.07, 6.45) is 4.04. The number of rotatable bonds is 4. The second-order valence-electron chi connectivity index (χ2n) is 2.38. The van der Waals surface area contributed by atoms with Crippen LogP contribution in [0.15, 0.2) is 18.5 Å². The SMILES string of the molecule is CNCCC(=O)c1cc[nH]c1. The lowest BCUT2D eigenvalue weighted by atomic mass is 10.2. The lowest BCUT2D eigenvalue weighted by molar-refractivity contribution is 0.0983. The zero-order valence-corrected chi connectivity index (χ0v) is 6.55. The molecule has 3 heteroatoms. The van der Waals surface area contributed by atoms with E-state index in [1.807, 2.05) is 7.05 Å². The van der Waals surface area contributed by atoms with Gasteiger partial charge in [0.1, 0.15) is 0 Å². The minimum Gasteiger partial charge on any atom is -0.367 e. The van der Waals surface area contributed by atoms with Crippen molar-refractivity contribution >= 4 is 5.78 Å². The van der Waals surface area contributed by atoms with Crippen molar-refractivity contribution in [2.24, 2.45) is 0 Å². The van der Waals surface area contributed by atoms with Gasteiger partial charge in [0.25, 0.3) is 0 Å². The van der Waals surface area contributed by atoms with Crippen LogP contribution in [0.2, 0.25) is 0 Å². The Kier molecular flexibility index (Phi) is 2.86. The van der Waals surface area contributed by atoms with Gasteiger partial charge in [-0.15, -0.1) is 0 Å². The average Bonchev–Trinajstić information content (AvgIpc) is 2.52. The van der Waals surface area contributed by atoms with Gasteiger partial charge < -0.3 is 10.3 Å². The first-order chi connectivity index (χ1) is 5.34. The lowest BCUT2D eigenvalue weighted by Crippen LogP contribution is -2.12. The molecule has 0 bridgehead atoms. The van der Waals surface area contributed by atoms with Gasteiger partial charge in [0.15, 0.2) is 5.78 Å². The number of hydrogen-bond donors (Lipinski definition) is 2. The van der Waals surface area contributed by atoms with Crippen LogP contribution in [-0.2, 0) is 0 Å². The van der Waals surface area contributed by atoms with Gasteiger partial charge in [-0.1, -0.05) is 0 Å². The summed E-state index contributed by atoms with van der Waals surface area (Å²) in [4.78, 5) is 14.1. The van der Waals surface area contributed by atoms with E-state index in [0.29, 0.717) is 6.42 Å². The predicted molar refractivity (Wildman–Crippen MR) is 43.7 cm³/mol. The highest BCUT2D eigenvalue weighted by Gasteiger charge is 2.03. The molecule has 0 atom stereocenters. The fourth-order valence-electron chi connectivity index (χ4n) is 0.880. The molecule has 0 aromatic carbocycles. The van der Waals surface area contributed by atoms with Crippen molar-refractivity contribution in [3.63, 3.8) is 0 Å². The minimum atomic E-state index is 0.181. The van der Waals surface area contributed by atoms with Gasteiger partial charge in [-0.3, -0.25) is 4.79 Å². The summed E-state index contributed by atoms with van der Waals surface area (Å²) in [5.41, 5.74) is 0.764. The first kappa shape index (κ1) is 8.01. The monoisotopic (exact) mass is 152 g/mol. The van der Waals surface area contributed by atoms with Crippen LogP contribution in [0.1, 0.15) is 16.8 Å². The average molecular weight is 152 g/mol. The Morgan fingerprint density at radius 2 is 2.55 bits per heavy atom. The number of aromatic amines is 1. The molecular weight excluding hydrogens is 140 g/mol. The minimum absolute atomic E-state index is 0.181. The van der Waals surface area contributed by atoms with Crippen molar-refractivity contribution in [3.05, 3.63) is 24.0 Å². The summed E-state index contributed by atoms with van der Waals surface area (Å²) in [5, 5.41) is 2.93. The molecule has 0 saturated carbocycles. The molecule has 0 aliphatic heterocycles. The lowest BCUT2D eigenvalue weighted by Gasteiger charge is -1.95. The van der Waals surface area contributed by atoms with Crippen LogP contribution in [0.25, 0.3) is 0 Å². The molecule has 3 nitrogen and oxygen atoms in total. The van der Waals surface area contributed by atoms with Crippen LogP contribution in [0, 0.1) is 0 Å². The van der Waals surface area contributed by atoms with E-state index in [9.17, 15) is 4.79 Å². The first-order valence-electron chi connectivity index (χ1n) is 3.65. The number of carbonyl (C=O) groups is 1. The van der Waals surface area contributed by atoms with Crippen LogP contribution in [0.4, 0.5) is 0 Å². The Labute approximate surface area is 65.8 Å². The number of ketones is 1. The Morgan fingerprint density at radius 1 is 1.73 bits per heavy atom. The highest BCUT2D eigenvalue weighted by molar-refractivity contribution is 5.95. The second kappa shape index (κ2) is 3.93. The van der Waals surface area contributed by atoms with Gasteiger partial charge in [-0.05, 0) is 13.1 Å². The number of carbonyl (C=O) groups excluding carboxylic acids is 1. The summed E-state index contributed by atoms with van der Waals surface area (Å²) in [7, 11) is 1.84. The number of Topliss-reactive ketones (excluding diaryl/α,β-unsaturated/α-hetero) is 1. The third-order valence-corrected chi connectivity index (χ3v) is 1.52. The molecule has 60 valence electrons. The van der Waals surface area contributed by atoms with Crippen molar-refractivity contribution in [2.45, 2.75) is 6.42 Å². The molecule has 0 radical (unpaired) electrons. The van der Waals surface area contributed by atoms with Gasteiger partial charge >= 0.3 is 0 Å². The Hall–Kier alpha value is -1.09. The third kappa shape index (κ3) is 2.20. The molecule has 0 aliphatic carbocycles. The van der Waals surface area contributed by atoms with E-state index in [1.165, 1.54) is 0 Å². The van der Waals surface area contributed by atoms with Crippen LogP contribution < -0.4 is 5.32 Å². The highest BCUT2D eigenvalue weighted by atomic mass is 16.1. The molecule has 0 unspecified atom stereocenters. The molecule has 0 fully saturated rings. The second-order valence-corrected chi connectivity index (χ2v) is 2.38. The van der Waals surface area contributed by atoms with Gasteiger partial charge in [0, 0.05) is 30.9 Å². The van der Waals surface area contributed by atoms with E-state index in [1.54, 1.807) is 18.5 Å². The van der Waals surface area contributed by atoms with E-state index in [2.05, 4.69) is 10.3 Å². The van der Waals surface area contributed by atoms with Gasteiger partial charge in [0.2, 0.25) is 0 Å². The van der Waals surface area contributed by atoms with E-state index in [0.717, 1.165) is 12.1 Å². The topological polar surface area (TPSA) is 44.9 Å². The number of aromatic nitrogens is 1. The number of H-pyrrole nitrogens is 1. The van der Waals surface area contributed by atoms with Crippen LogP contribution in [0.3, 0.4) is 0 Å². The summed E-state index contributed by atoms with van der Waals surface area (Å²) >= 11 is 0. The van der Waals surface area contributed by atoms with Crippen molar-refractivity contribution in [1.82, 2.24) is 10.3 Å². The number of nitrogens with one attached hydrogen (secondary N) is 2. The molecule has 1 aromatic rings. The third-order valence-electron chi connectivity index (χ3n) is 1.52. The first-order valence-corrected chi connectivity index (χ1v) is 3.65. The summed E-state index contributed by atoms with van der Waals surface area (Å²) < 4.78 is 0. The van der Waals surface area contributed by atoms with Crippen molar-refractivity contribution in [1.29, 1.82) is 0 Å². The Bertz CT molecular complexity index is 216. The fourth-order valence-corrected chi connectivity index (χ4v) is 0.880. The van der Waals surface area contributed by atoms with Crippen molar-refractivity contribution < 1.29 is 4.79 Å². The normalized spacial score (nSPS) is 9.91. The summed E-state index contributed by atoms with van der Waals surface area (Å²) in [5.74, 6) is 0.181. The zero-order valence-electron chi connectivity index (χ0n) is 6.55. The Balaban J connectivity index is 2.43. The highest BCUT2D eigenvalue weighted by Crippen LogP contribution is 2.00. The molecule has 1 heterocycles. The van der Waals surface area contributed by atoms with Crippen LogP contribution in [0.5, 0.6) is 0 Å². The van der Waals surface area contributed by atoms with E-state index < -0.39 is 0 Å². The molecular formula is C8H12N2O. The van der Waals surface area contributed by atoms with Crippen LogP contribution >= 0.6 is 0 Å². The molecule has 0 aliphatic rings. The van der Waals surface area contributed by atoms with Gasteiger partial charge in [-0.2, -0.15) is 0 Å². The maximum atomic E-state index is 11.2.